The van der Waals surface area contributed by atoms with Gasteiger partial charge in [-0.1, -0.05) is 0 Å². The lowest BCUT2D eigenvalue weighted by molar-refractivity contribution is -0.135. The Kier molecular flexibility index (Phi) is 4.13. The highest BCUT2D eigenvalue weighted by atomic mass is 16.2. The summed E-state index contributed by atoms with van der Waals surface area (Å²) in [7, 11) is 2.06. The summed E-state index contributed by atoms with van der Waals surface area (Å²) in [6.45, 7) is 4.49. The predicted octanol–water partition coefficient (Wildman–Crippen LogP) is -0.500. The molecule has 15 heavy (non-hydrogen) atoms. The van der Waals surface area contributed by atoms with Crippen molar-refractivity contribution in [2.45, 2.75) is 25.4 Å². The van der Waals surface area contributed by atoms with E-state index in [-0.39, 0.29) is 5.91 Å². The summed E-state index contributed by atoms with van der Waals surface area (Å²) in [5, 5.41) is 0. The van der Waals surface area contributed by atoms with E-state index < -0.39 is 6.04 Å². The SMILES string of the molecule is C#CCC(N)C(=O)N1CCN(C)C(C)C1. The summed E-state index contributed by atoms with van der Waals surface area (Å²) < 4.78 is 0. The van der Waals surface area contributed by atoms with Gasteiger partial charge in [-0.05, 0) is 14.0 Å². The van der Waals surface area contributed by atoms with Crippen molar-refractivity contribution in [2.24, 2.45) is 5.73 Å². The minimum absolute atomic E-state index is 0.0205. The average Bonchev–Trinajstić information content (AvgIpc) is 2.21. The number of likely N-dealkylation sites (N-methyl/N-ethyl adjacent to an activating group) is 1. The van der Waals surface area contributed by atoms with Crippen molar-refractivity contribution < 1.29 is 4.79 Å². The molecule has 0 bridgehead atoms. The molecule has 4 nitrogen and oxygen atoms in total. The summed E-state index contributed by atoms with van der Waals surface area (Å²) >= 11 is 0. The Morgan fingerprint density at radius 3 is 2.87 bits per heavy atom. The third-order valence-electron chi connectivity index (χ3n) is 2.93. The second-order valence-electron chi connectivity index (χ2n) is 4.13. The molecule has 0 radical (unpaired) electrons. The third-order valence-corrected chi connectivity index (χ3v) is 2.93. The van der Waals surface area contributed by atoms with E-state index in [9.17, 15) is 4.79 Å². The Balaban J connectivity index is 2.51. The number of rotatable bonds is 2. The molecule has 84 valence electrons. The molecule has 0 aromatic heterocycles. The van der Waals surface area contributed by atoms with Crippen molar-refractivity contribution in [2.75, 3.05) is 26.7 Å². The monoisotopic (exact) mass is 209 g/mol. The number of carbonyl (C=O) groups excluding carboxylic acids is 1. The Hall–Kier alpha value is -1.05. The standard InChI is InChI=1S/C11H19N3O/c1-4-5-10(12)11(15)14-7-6-13(3)9(2)8-14/h1,9-10H,5-8,12H2,2-3H3. The van der Waals surface area contributed by atoms with Gasteiger partial charge in [-0.25, -0.2) is 0 Å². The highest BCUT2D eigenvalue weighted by Crippen LogP contribution is 2.08. The van der Waals surface area contributed by atoms with E-state index in [0.29, 0.717) is 12.5 Å². The molecule has 1 saturated heterocycles. The fourth-order valence-corrected chi connectivity index (χ4v) is 1.70. The maximum atomic E-state index is 11.8. The van der Waals surface area contributed by atoms with Crippen LogP contribution in [0.4, 0.5) is 0 Å². The molecular formula is C11H19N3O. The van der Waals surface area contributed by atoms with E-state index >= 15 is 0 Å². The third kappa shape index (κ3) is 2.95. The molecule has 0 aromatic rings. The van der Waals surface area contributed by atoms with Gasteiger partial charge < -0.3 is 15.5 Å². The molecule has 4 heteroatoms. The molecule has 2 atom stereocenters. The van der Waals surface area contributed by atoms with Crippen LogP contribution in [-0.4, -0.2) is 54.5 Å². The molecule has 1 aliphatic rings. The first-order valence-electron chi connectivity index (χ1n) is 5.24. The summed E-state index contributed by atoms with van der Waals surface area (Å²) in [4.78, 5) is 15.9. The Morgan fingerprint density at radius 2 is 2.33 bits per heavy atom. The van der Waals surface area contributed by atoms with Crippen LogP contribution in [-0.2, 0) is 4.79 Å². The van der Waals surface area contributed by atoms with Gasteiger partial charge in [-0.2, -0.15) is 0 Å². The number of hydrogen-bond acceptors (Lipinski definition) is 3. The molecule has 1 aliphatic heterocycles. The van der Waals surface area contributed by atoms with E-state index in [1.54, 1.807) is 0 Å². The molecule has 1 heterocycles. The van der Waals surface area contributed by atoms with Crippen LogP contribution in [0.25, 0.3) is 0 Å². The van der Waals surface area contributed by atoms with Gasteiger partial charge in [0, 0.05) is 32.1 Å². The van der Waals surface area contributed by atoms with Crippen LogP contribution in [0.3, 0.4) is 0 Å². The predicted molar refractivity (Wildman–Crippen MR) is 60.1 cm³/mol. The van der Waals surface area contributed by atoms with Crippen LogP contribution in [0, 0.1) is 12.3 Å². The molecule has 0 aliphatic carbocycles. The van der Waals surface area contributed by atoms with Crippen LogP contribution in [0.2, 0.25) is 0 Å². The second-order valence-corrected chi connectivity index (χ2v) is 4.13. The maximum absolute atomic E-state index is 11.8. The van der Waals surface area contributed by atoms with Crippen molar-refractivity contribution in [1.82, 2.24) is 9.80 Å². The summed E-state index contributed by atoms with van der Waals surface area (Å²) in [5.41, 5.74) is 5.69. The minimum Gasteiger partial charge on any atom is -0.338 e. The topological polar surface area (TPSA) is 49.6 Å². The maximum Gasteiger partial charge on any atom is 0.240 e. The lowest BCUT2D eigenvalue weighted by Gasteiger charge is -2.38. The van der Waals surface area contributed by atoms with Gasteiger partial charge in [0.1, 0.15) is 0 Å². The average molecular weight is 209 g/mol. The molecular weight excluding hydrogens is 190 g/mol. The van der Waals surface area contributed by atoms with E-state index in [2.05, 4.69) is 24.8 Å². The first-order valence-corrected chi connectivity index (χ1v) is 5.24. The van der Waals surface area contributed by atoms with Crippen LogP contribution < -0.4 is 5.73 Å². The number of terminal acetylenes is 1. The summed E-state index contributed by atoms with van der Waals surface area (Å²) in [6.07, 6.45) is 5.46. The summed E-state index contributed by atoms with van der Waals surface area (Å²) in [6, 6.07) is -0.147. The largest absolute Gasteiger partial charge is 0.338 e. The highest BCUT2D eigenvalue weighted by molar-refractivity contribution is 5.82. The van der Waals surface area contributed by atoms with E-state index in [0.717, 1.165) is 19.6 Å². The van der Waals surface area contributed by atoms with Gasteiger partial charge in [-0.3, -0.25) is 4.79 Å². The van der Waals surface area contributed by atoms with E-state index in [4.69, 9.17) is 12.2 Å². The smallest absolute Gasteiger partial charge is 0.240 e. The fourth-order valence-electron chi connectivity index (χ4n) is 1.70. The minimum atomic E-state index is -0.536. The lowest BCUT2D eigenvalue weighted by atomic mass is 10.1. The number of hydrogen-bond donors (Lipinski definition) is 1. The van der Waals surface area contributed by atoms with Crippen LogP contribution in [0.5, 0.6) is 0 Å². The number of amides is 1. The zero-order valence-electron chi connectivity index (χ0n) is 9.44. The summed E-state index contributed by atoms with van der Waals surface area (Å²) in [5.74, 6) is 2.40. The Morgan fingerprint density at radius 1 is 1.67 bits per heavy atom. The Labute approximate surface area is 91.4 Å². The van der Waals surface area contributed by atoms with Crippen molar-refractivity contribution in [1.29, 1.82) is 0 Å². The lowest BCUT2D eigenvalue weighted by Crippen LogP contribution is -2.55. The quantitative estimate of drug-likeness (QED) is 0.624. The van der Waals surface area contributed by atoms with E-state index in [1.165, 1.54) is 0 Å². The second kappa shape index (κ2) is 5.15. The van der Waals surface area contributed by atoms with Gasteiger partial charge in [-0.15, -0.1) is 12.3 Å². The van der Waals surface area contributed by atoms with Gasteiger partial charge in [0.25, 0.3) is 0 Å². The fraction of sp³-hybridized carbons (Fsp3) is 0.727. The molecule has 1 amide bonds. The Bertz CT molecular complexity index is 271. The first-order chi connectivity index (χ1) is 7.06. The number of nitrogens with zero attached hydrogens (tertiary/aromatic N) is 2. The number of carbonyl (C=O) groups is 1. The molecule has 0 saturated carbocycles. The molecule has 0 aromatic carbocycles. The van der Waals surface area contributed by atoms with Gasteiger partial charge in [0.05, 0.1) is 6.04 Å². The molecule has 1 fully saturated rings. The van der Waals surface area contributed by atoms with Gasteiger partial charge >= 0.3 is 0 Å². The highest BCUT2D eigenvalue weighted by Gasteiger charge is 2.26. The first kappa shape index (κ1) is 12.0. The molecule has 2 N–H and O–H groups in total. The van der Waals surface area contributed by atoms with Crippen LogP contribution >= 0.6 is 0 Å². The molecule has 1 rings (SSSR count). The van der Waals surface area contributed by atoms with Gasteiger partial charge in [0.15, 0.2) is 0 Å². The van der Waals surface area contributed by atoms with Crippen molar-refractivity contribution >= 4 is 5.91 Å². The van der Waals surface area contributed by atoms with Crippen LogP contribution in [0.15, 0.2) is 0 Å². The van der Waals surface area contributed by atoms with Crippen molar-refractivity contribution in [3.05, 3.63) is 0 Å². The normalized spacial score (nSPS) is 24.7. The molecule has 2 unspecified atom stereocenters. The van der Waals surface area contributed by atoms with E-state index in [1.807, 2.05) is 4.90 Å². The van der Waals surface area contributed by atoms with Gasteiger partial charge in [0.2, 0.25) is 5.91 Å². The number of nitrogens with two attached hydrogens (primary N) is 1. The molecule has 0 spiro atoms. The van der Waals surface area contributed by atoms with Crippen LogP contribution in [0.1, 0.15) is 13.3 Å². The van der Waals surface area contributed by atoms with Crippen molar-refractivity contribution in [3.63, 3.8) is 0 Å². The van der Waals surface area contributed by atoms with Crippen molar-refractivity contribution in [3.8, 4) is 12.3 Å². The number of piperazine rings is 1. The zero-order chi connectivity index (χ0) is 11.4. The zero-order valence-corrected chi connectivity index (χ0v) is 9.44.